The molecule has 0 bridgehead atoms. The number of rotatable bonds is 0. The summed E-state index contributed by atoms with van der Waals surface area (Å²) < 4.78 is 0.654. The standard InChI is InChI=1S/C14H10ClNO2/c15-11-5-6-12-10(8-11)4-3-9-2-1-7-16(18)13(9)14(12)17/h1-2,5-8H,3-4H2. The molecule has 0 radical (unpaired) electrons. The molecule has 0 atom stereocenters. The van der Waals surface area contributed by atoms with Gasteiger partial charge in [-0.15, -0.1) is 0 Å². The van der Waals surface area contributed by atoms with Gasteiger partial charge in [0.25, 0.3) is 11.5 Å². The molecule has 0 saturated heterocycles. The lowest BCUT2D eigenvalue weighted by atomic mass is 10.0. The van der Waals surface area contributed by atoms with Crippen molar-refractivity contribution in [2.24, 2.45) is 0 Å². The van der Waals surface area contributed by atoms with E-state index in [1.54, 1.807) is 24.3 Å². The topological polar surface area (TPSA) is 44.0 Å². The third kappa shape index (κ3) is 1.68. The molecule has 2 aromatic rings. The second kappa shape index (κ2) is 4.10. The van der Waals surface area contributed by atoms with Crippen LogP contribution in [0.15, 0.2) is 36.5 Å². The number of carbonyl (C=O) groups is 1. The summed E-state index contributed by atoms with van der Waals surface area (Å²) in [6.07, 6.45) is 2.76. The van der Waals surface area contributed by atoms with Crippen LogP contribution in [0.3, 0.4) is 0 Å². The normalized spacial score (nSPS) is 13.7. The Kier molecular flexibility index (Phi) is 2.56. The summed E-state index contributed by atoms with van der Waals surface area (Å²) in [7, 11) is 0. The minimum atomic E-state index is -0.218. The number of hydrogen-bond donors (Lipinski definition) is 0. The summed E-state index contributed by atoms with van der Waals surface area (Å²) in [5.74, 6) is -0.218. The Hall–Kier alpha value is -1.87. The highest BCUT2D eigenvalue weighted by Gasteiger charge is 2.27. The monoisotopic (exact) mass is 259 g/mol. The number of aryl methyl sites for hydroxylation is 2. The molecule has 1 aromatic heterocycles. The lowest BCUT2D eigenvalue weighted by molar-refractivity contribution is -0.607. The molecule has 3 nitrogen and oxygen atoms in total. The van der Waals surface area contributed by atoms with Crippen molar-refractivity contribution >= 4 is 17.4 Å². The predicted octanol–water partition coefficient (Wildman–Crippen LogP) is 2.30. The van der Waals surface area contributed by atoms with E-state index in [1.165, 1.54) is 6.20 Å². The van der Waals surface area contributed by atoms with Crippen LogP contribution in [0.2, 0.25) is 5.02 Å². The number of pyridine rings is 1. The highest BCUT2D eigenvalue weighted by atomic mass is 35.5. The molecule has 1 heterocycles. The maximum Gasteiger partial charge on any atom is 0.268 e. The van der Waals surface area contributed by atoms with Gasteiger partial charge < -0.3 is 5.21 Å². The van der Waals surface area contributed by atoms with Gasteiger partial charge in [-0.2, -0.15) is 4.73 Å². The average Bonchev–Trinajstić information content (AvgIpc) is 2.48. The Labute approximate surface area is 109 Å². The third-order valence-corrected chi connectivity index (χ3v) is 3.47. The first-order chi connectivity index (χ1) is 8.66. The second-order valence-corrected chi connectivity index (χ2v) is 4.77. The Bertz CT molecular complexity index is 652. The van der Waals surface area contributed by atoms with Crippen molar-refractivity contribution in [3.63, 3.8) is 0 Å². The molecule has 0 aliphatic heterocycles. The number of ketones is 1. The van der Waals surface area contributed by atoms with Crippen molar-refractivity contribution < 1.29 is 9.52 Å². The number of nitrogens with zero attached hydrogens (tertiary/aromatic N) is 1. The van der Waals surface area contributed by atoms with Gasteiger partial charge in [0.15, 0.2) is 6.20 Å². The molecule has 4 heteroatoms. The van der Waals surface area contributed by atoms with Gasteiger partial charge in [0.05, 0.1) is 0 Å². The minimum Gasteiger partial charge on any atom is -0.618 e. The predicted molar refractivity (Wildman–Crippen MR) is 67.7 cm³/mol. The molecular weight excluding hydrogens is 250 g/mol. The van der Waals surface area contributed by atoms with Crippen LogP contribution in [0.1, 0.15) is 27.2 Å². The minimum absolute atomic E-state index is 0.218. The third-order valence-electron chi connectivity index (χ3n) is 3.23. The van der Waals surface area contributed by atoms with E-state index in [9.17, 15) is 10.0 Å². The highest BCUT2D eigenvalue weighted by Crippen LogP contribution is 2.24. The number of fused-ring (bicyclic) bond motifs is 2. The number of halogens is 1. The molecule has 0 saturated carbocycles. The van der Waals surface area contributed by atoms with Crippen molar-refractivity contribution in [1.82, 2.24) is 0 Å². The molecule has 0 amide bonds. The summed E-state index contributed by atoms with van der Waals surface area (Å²) in [4.78, 5) is 12.4. The van der Waals surface area contributed by atoms with E-state index >= 15 is 0 Å². The lowest BCUT2D eigenvalue weighted by Gasteiger charge is -2.05. The molecule has 0 N–H and O–H groups in total. The smallest absolute Gasteiger partial charge is 0.268 e. The number of aromatic nitrogens is 1. The fraction of sp³-hybridized carbons (Fsp3) is 0.143. The number of carbonyl (C=O) groups excluding carboxylic acids is 1. The van der Waals surface area contributed by atoms with Crippen LogP contribution in [0.5, 0.6) is 0 Å². The molecule has 1 aromatic carbocycles. The zero-order valence-electron chi connectivity index (χ0n) is 9.52. The van der Waals surface area contributed by atoms with Crippen molar-refractivity contribution in [2.75, 3.05) is 0 Å². The van der Waals surface area contributed by atoms with E-state index in [-0.39, 0.29) is 11.5 Å². The Balaban J connectivity index is 2.24. The summed E-state index contributed by atoms with van der Waals surface area (Å²) >= 11 is 5.94. The first-order valence-electron chi connectivity index (χ1n) is 5.71. The first-order valence-corrected chi connectivity index (χ1v) is 6.09. The maximum absolute atomic E-state index is 12.4. The zero-order valence-corrected chi connectivity index (χ0v) is 10.3. The van der Waals surface area contributed by atoms with E-state index in [2.05, 4.69) is 0 Å². The van der Waals surface area contributed by atoms with E-state index < -0.39 is 0 Å². The lowest BCUT2D eigenvalue weighted by Crippen LogP contribution is -2.35. The Morgan fingerprint density at radius 3 is 2.78 bits per heavy atom. The molecule has 0 spiro atoms. The van der Waals surface area contributed by atoms with Crippen LogP contribution >= 0.6 is 11.6 Å². The largest absolute Gasteiger partial charge is 0.618 e. The fourth-order valence-electron chi connectivity index (χ4n) is 2.37. The maximum atomic E-state index is 12.4. The SMILES string of the molecule is O=C1c2ccc(Cl)cc2CCc2ccc[n+]([O-])c21. The van der Waals surface area contributed by atoms with Gasteiger partial charge in [0.2, 0.25) is 0 Å². The molecule has 90 valence electrons. The molecule has 0 fully saturated rings. The van der Waals surface area contributed by atoms with Crippen LogP contribution in [0.25, 0.3) is 0 Å². The van der Waals surface area contributed by atoms with Gasteiger partial charge in [-0.1, -0.05) is 11.6 Å². The number of hydrogen-bond acceptors (Lipinski definition) is 2. The van der Waals surface area contributed by atoms with Crippen molar-refractivity contribution in [1.29, 1.82) is 0 Å². The van der Waals surface area contributed by atoms with Gasteiger partial charge in [-0.3, -0.25) is 4.79 Å². The van der Waals surface area contributed by atoms with E-state index in [4.69, 9.17) is 11.6 Å². The fourth-order valence-corrected chi connectivity index (χ4v) is 2.56. The highest BCUT2D eigenvalue weighted by molar-refractivity contribution is 6.30. The molecule has 1 aliphatic carbocycles. The van der Waals surface area contributed by atoms with E-state index in [0.717, 1.165) is 17.5 Å². The number of benzene rings is 1. The van der Waals surface area contributed by atoms with Crippen LogP contribution in [0.4, 0.5) is 0 Å². The van der Waals surface area contributed by atoms with Crippen LogP contribution < -0.4 is 4.73 Å². The van der Waals surface area contributed by atoms with Gasteiger partial charge in [0.1, 0.15) is 0 Å². The van der Waals surface area contributed by atoms with E-state index in [1.807, 2.05) is 6.07 Å². The van der Waals surface area contributed by atoms with Crippen LogP contribution in [0, 0.1) is 5.21 Å². The first kappa shape index (κ1) is 11.2. The average molecular weight is 260 g/mol. The van der Waals surface area contributed by atoms with Crippen molar-refractivity contribution in [2.45, 2.75) is 12.8 Å². The summed E-state index contributed by atoms with van der Waals surface area (Å²) in [6.45, 7) is 0. The summed E-state index contributed by atoms with van der Waals surface area (Å²) in [5, 5.41) is 12.4. The quantitative estimate of drug-likeness (QED) is 0.538. The molecule has 0 unspecified atom stereocenters. The Morgan fingerprint density at radius 2 is 1.94 bits per heavy atom. The van der Waals surface area contributed by atoms with Gasteiger partial charge in [-0.05, 0) is 42.7 Å². The summed E-state index contributed by atoms with van der Waals surface area (Å²) in [5.41, 5.74) is 2.51. The second-order valence-electron chi connectivity index (χ2n) is 4.34. The van der Waals surface area contributed by atoms with Crippen molar-refractivity contribution in [3.05, 3.63) is 69.1 Å². The molecule has 1 aliphatic rings. The molecule has 3 rings (SSSR count). The van der Waals surface area contributed by atoms with Gasteiger partial charge >= 0.3 is 0 Å². The summed E-state index contributed by atoms with van der Waals surface area (Å²) in [6, 6.07) is 8.68. The van der Waals surface area contributed by atoms with E-state index in [0.29, 0.717) is 21.7 Å². The molecular formula is C14H10ClNO2. The van der Waals surface area contributed by atoms with Crippen LogP contribution in [-0.4, -0.2) is 5.78 Å². The zero-order chi connectivity index (χ0) is 12.7. The van der Waals surface area contributed by atoms with Crippen LogP contribution in [-0.2, 0) is 12.8 Å². The van der Waals surface area contributed by atoms with Gasteiger partial charge in [0, 0.05) is 22.2 Å². The molecule has 18 heavy (non-hydrogen) atoms. The van der Waals surface area contributed by atoms with Gasteiger partial charge in [-0.25, -0.2) is 0 Å². The Morgan fingerprint density at radius 1 is 1.17 bits per heavy atom. The van der Waals surface area contributed by atoms with Crippen molar-refractivity contribution in [3.8, 4) is 0 Å².